The largest absolute Gasteiger partial charge is 0.478 e. The molecule has 2 aromatic rings. The monoisotopic (exact) mass is 262 g/mol. The molecule has 0 aliphatic carbocycles. The second-order valence-electron chi connectivity index (χ2n) is 3.34. The summed E-state index contributed by atoms with van der Waals surface area (Å²) in [6.45, 7) is 0. The second kappa shape index (κ2) is 8.43. The Morgan fingerprint density at radius 1 is 0.632 bits per heavy atom. The van der Waals surface area contributed by atoms with E-state index in [1.807, 2.05) is 0 Å². The van der Waals surface area contributed by atoms with Crippen LogP contribution in [-0.2, 0) is 0 Å². The Kier molecular flexibility index (Phi) is 7.25. The van der Waals surface area contributed by atoms with Crippen LogP contribution in [0.1, 0.15) is 20.7 Å². The van der Waals surface area contributed by atoms with Crippen molar-refractivity contribution in [3.63, 3.8) is 0 Å². The van der Waals surface area contributed by atoms with E-state index in [0.29, 0.717) is 11.1 Å². The highest BCUT2D eigenvalue weighted by Crippen LogP contribution is 1.96. The third-order valence-corrected chi connectivity index (χ3v) is 2.04. The van der Waals surface area contributed by atoms with Crippen LogP contribution in [0.2, 0.25) is 0 Å². The molecule has 4 N–H and O–H groups in total. The molecule has 0 saturated carbocycles. The Bertz CT molecular complexity index is 458. The van der Waals surface area contributed by atoms with Gasteiger partial charge in [0.2, 0.25) is 0 Å². The molecular weight excluding hydrogens is 248 g/mol. The molecule has 5 nitrogen and oxygen atoms in total. The summed E-state index contributed by atoms with van der Waals surface area (Å²) in [5.41, 5.74) is 0.662. The van der Waals surface area contributed by atoms with Gasteiger partial charge in [-0.05, 0) is 24.3 Å². The van der Waals surface area contributed by atoms with Gasteiger partial charge in [0.05, 0.1) is 11.1 Å². The molecule has 0 aliphatic heterocycles. The zero-order valence-corrected chi connectivity index (χ0v) is 9.98. The molecule has 2 rings (SSSR count). The van der Waals surface area contributed by atoms with Crippen LogP contribution < -0.4 is 0 Å². The first kappa shape index (κ1) is 16.3. The normalized spacial score (nSPS) is 8.42. The number of hydrogen-bond donors (Lipinski definition) is 2. The van der Waals surface area contributed by atoms with Crippen molar-refractivity contribution >= 4 is 11.9 Å². The molecule has 100 valence electrons. The number of rotatable bonds is 2. The maximum Gasteiger partial charge on any atom is 0.335 e. The van der Waals surface area contributed by atoms with Crippen molar-refractivity contribution in [3.05, 3.63) is 71.8 Å². The lowest BCUT2D eigenvalue weighted by atomic mass is 10.2. The number of carboxylic acids is 2. The van der Waals surface area contributed by atoms with E-state index in [2.05, 4.69) is 0 Å². The zero-order valence-electron chi connectivity index (χ0n) is 9.98. The van der Waals surface area contributed by atoms with Gasteiger partial charge in [0, 0.05) is 0 Å². The Morgan fingerprint density at radius 2 is 0.895 bits per heavy atom. The third-order valence-electron chi connectivity index (χ3n) is 2.04. The molecule has 0 bridgehead atoms. The molecule has 0 unspecified atom stereocenters. The first-order valence-electron chi connectivity index (χ1n) is 5.18. The van der Waals surface area contributed by atoms with Crippen LogP contribution in [0.4, 0.5) is 0 Å². The minimum atomic E-state index is -0.879. The van der Waals surface area contributed by atoms with E-state index in [1.54, 1.807) is 60.7 Å². The number of aromatic carboxylic acids is 2. The Morgan fingerprint density at radius 3 is 1.05 bits per heavy atom. The van der Waals surface area contributed by atoms with Crippen LogP contribution in [0.5, 0.6) is 0 Å². The summed E-state index contributed by atoms with van der Waals surface area (Å²) in [6, 6.07) is 16.6. The molecular formula is C14H14O5. The fourth-order valence-electron chi connectivity index (χ4n) is 1.16. The van der Waals surface area contributed by atoms with Crippen molar-refractivity contribution in [1.29, 1.82) is 0 Å². The van der Waals surface area contributed by atoms with E-state index in [1.165, 1.54) is 0 Å². The van der Waals surface area contributed by atoms with Crippen molar-refractivity contribution in [2.45, 2.75) is 0 Å². The molecule has 0 amide bonds. The maximum absolute atomic E-state index is 10.2. The Labute approximate surface area is 110 Å². The first-order chi connectivity index (χ1) is 8.61. The van der Waals surface area contributed by atoms with Crippen LogP contribution in [0.25, 0.3) is 0 Å². The van der Waals surface area contributed by atoms with Gasteiger partial charge < -0.3 is 15.7 Å². The fraction of sp³-hybridized carbons (Fsp3) is 0. The van der Waals surface area contributed by atoms with E-state index in [9.17, 15) is 9.59 Å². The van der Waals surface area contributed by atoms with Gasteiger partial charge in [0.1, 0.15) is 0 Å². The van der Waals surface area contributed by atoms with Crippen LogP contribution in [0.3, 0.4) is 0 Å². The lowest BCUT2D eigenvalue weighted by Gasteiger charge is -1.88. The Hall–Kier alpha value is -2.66. The summed E-state index contributed by atoms with van der Waals surface area (Å²) in [6.07, 6.45) is 0. The second-order valence-corrected chi connectivity index (χ2v) is 3.34. The molecule has 0 heterocycles. The fourth-order valence-corrected chi connectivity index (χ4v) is 1.16. The zero-order chi connectivity index (χ0) is 13.4. The van der Waals surface area contributed by atoms with E-state index >= 15 is 0 Å². The van der Waals surface area contributed by atoms with E-state index < -0.39 is 11.9 Å². The molecule has 0 aliphatic rings. The van der Waals surface area contributed by atoms with Crippen molar-refractivity contribution in [2.24, 2.45) is 0 Å². The molecule has 0 atom stereocenters. The van der Waals surface area contributed by atoms with Gasteiger partial charge in [-0.3, -0.25) is 0 Å². The molecule has 0 spiro atoms. The maximum atomic E-state index is 10.2. The lowest BCUT2D eigenvalue weighted by molar-refractivity contribution is 0.0686. The summed E-state index contributed by atoms with van der Waals surface area (Å²) in [5, 5.41) is 16.8. The minimum Gasteiger partial charge on any atom is -0.478 e. The standard InChI is InChI=1S/2C7H6O2.H2O/c2*8-7(9)6-4-2-1-3-5-6;/h2*1-5H,(H,8,9);1H2. The van der Waals surface area contributed by atoms with Crippen LogP contribution in [-0.4, -0.2) is 27.6 Å². The highest BCUT2D eigenvalue weighted by Gasteiger charge is 1.97. The van der Waals surface area contributed by atoms with Gasteiger partial charge in [0.15, 0.2) is 0 Å². The van der Waals surface area contributed by atoms with E-state index in [-0.39, 0.29) is 5.48 Å². The highest BCUT2D eigenvalue weighted by atomic mass is 16.4. The number of carbonyl (C=O) groups is 2. The van der Waals surface area contributed by atoms with Crippen molar-refractivity contribution < 1.29 is 25.3 Å². The van der Waals surface area contributed by atoms with E-state index in [4.69, 9.17) is 10.2 Å². The van der Waals surface area contributed by atoms with Crippen molar-refractivity contribution in [1.82, 2.24) is 0 Å². The predicted octanol–water partition coefficient (Wildman–Crippen LogP) is 1.94. The molecule has 5 heteroatoms. The average molecular weight is 262 g/mol. The van der Waals surface area contributed by atoms with Crippen LogP contribution in [0.15, 0.2) is 60.7 Å². The number of carboxylic acid groups (broad SMARTS) is 2. The van der Waals surface area contributed by atoms with Gasteiger partial charge in [0.25, 0.3) is 0 Å². The van der Waals surface area contributed by atoms with E-state index in [0.717, 1.165) is 0 Å². The molecule has 19 heavy (non-hydrogen) atoms. The summed E-state index contributed by atoms with van der Waals surface area (Å²) < 4.78 is 0. The Balaban J connectivity index is 0.000000324. The van der Waals surface area contributed by atoms with Gasteiger partial charge in [-0.25, -0.2) is 9.59 Å². The molecule has 0 saturated heterocycles. The molecule has 0 radical (unpaired) electrons. The number of benzene rings is 2. The lowest BCUT2D eigenvalue weighted by Crippen LogP contribution is -1.93. The van der Waals surface area contributed by atoms with Gasteiger partial charge >= 0.3 is 11.9 Å². The van der Waals surface area contributed by atoms with Crippen LogP contribution in [0, 0.1) is 0 Å². The van der Waals surface area contributed by atoms with Gasteiger partial charge in [-0.15, -0.1) is 0 Å². The SMILES string of the molecule is O.O=C(O)c1ccccc1.O=C(O)c1ccccc1. The van der Waals surface area contributed by atoms with Crippen molar-refractivity contribution in [3.8, 4) is 0 Å². The summed E-state index contributed by atoms with van der Waals surface area (Å²) in [7, 11) is 0. The van der Waals surface area contributed by atoms with Crippen LogP contribution >= 0.6 is 0 Å². The third kappa shape index (κ3) is 5.99. The summed E-state index contributed by atoms with van der Waals surface area (Å²) in [5.74, 6) is -1.76. The molecule has 0 aromatic heterocycles. The van der Waals surface area contributed by atoms with Crippen molar-refractivity contribution in [2.75, 3.05) is 0 Å². The van der Waals surface area contributed by atoms with Gasteiger partial charge in [-0.2, -0.15) is 0 Å². The quantitative estimate of drug-likeness (QED) is 0.862. The molecule has 0 fully saturated rings. The average Bonchev–Trinajstić information content (AvgIpc) is 2.41. The summed E-state index contributed by atoms with van der Waals surface area (Å²) >= 11 is 0. The summed E-state index contributed by atoms with van der Waals surface area (Å²) in [4.78, 5) is 20.4. The number of hydrogen-bond acceptors (Lipinski definition) is 2. The van der Waals surface area contributed by atoms with Gasteiger partial charge in [-0.1, -0.05) is 36.4 Å². The highest BCUT2D eigenvalue weighted by molar-refractivity contribution is 5.87. The predicted molar refractivity (Wildman–Crippen MR) is 70.4 cm³/mol. The minimum absolute atomic E-state index is 0. The smallest absolute Gasteiger partial charge is 0.335 e. The molecule has 2 aromatic carbocycles. The topological polar surface area (TPSA) is 106 Å². The first-order valence-corrected chi connectivity index (χ1v) is 5.18.